The molecule has 1 N–H and O–H groups in total. The fourth-order valence-electron chi connectivity index (χ4n) is 2.28. The van der Waals surface area contributed by atoms with Crippen molar-refractivity contribution in [2.75, 3.05) is 0 Å². The van der Waals surface area contributed by atoms with Gasteiger partial charge in [0.2, 0.25) is 0 Å². The highest BCUT2D eigenvalue weighted by atomic mass is 19.1. The third-order valence-corrected chi connectivity index (χ3v) is 3.62. The molecule has 20 heavy (non-hydrogen) atoms. The van der Waals surface area contributed by atoms with Crippen molar-refractivity contribution in [1.82, 2.24) is 5.32 Å². The van der Waals surface area contributed by atoms with Crippen molar-refractivity contribution in [3.8, 4) is 11.1 Å². The molecule has 3 heteroatoms. The number of aryl methyl sites for hydroxylation is 1. The minimum atomic E-state index is -0.387. The molecule has 0 aliphatic heterocycles. The second-order valence-corrected chi connectivity index (χ2v) is 5.45. The van der Waals surface area contributed by atoms with E-state index in [0.29, 0.717) is 23.7 Å². The first-order chi connectivity index (χ1) is 9.63. The molecule has 2 aromatic carbocycles. The first kappa shape index (κ1) is 13.3. The van der Waals surface area contributed by atoms with E-state index in [9.17, 15) is 8.78 Å². The second kappa shape index (κ2) is 5.33. The fourth-order valence-corrected chi connectivity index (χ4v) is 2.28. The molecule has 0 bridgehead atoms. The molecule has 1 fully saturated rings. The van der Waals surface area contributed by atoms with Crippen molar-refractivity contribution in [1.29, 1.82) is 0 Å². The summed E-state index contributed by atoms with van der Waals surface area (Å²) in [5.41, 5.74) is 2.56. The van der Waals surface area contributed by atoms with E-state index in [0.717, 1.165) is 11.1 Å². The Morgan fingerprint density at radius 2 is 1.65 bits per heavy atom. The minimum Gasteiger partial charge on any atom is -0.310 e. The molecule has 0 radical (unpaired) electrons. The lowest BCUT2D eigenvalue weighted by Gasteiger charge is -2.09. The first-order valence-electron chi connectivity index (χ1n) is 6.92. The number of benzene rings is 2. The summed E-state index contributed by atoms with van der Waals surface area (Å²) in [6.45, 7) is 2.57. The molecule has 0 aromatic heterocycles. The van der Waals surface area contributed by atoms with E-state index < -0.39 is 0 Å². The van der Waals surface area contributed by atoms with Crippen LogP contribution in [0.25, 0.3) is 11.1 Å². The van der Waals surface area contributed by atoms with Gasteiger partial charge < -0.3 is 5.32 Å². The molecule has 0 unspecified atom stereocenters. The highest BCUT2D eigenvalue weighted by Crippen LogP contribution is 2.28. The predicted octanol–water partition coefficient (Wildman–Crippen LogP) is 4.19. The summed E-state index contributed by atoms with van der Waals surface area (Å²) in [5, 5.41) is 3.38. The fraction of sp³-hybridized carbons (Fsp3) is 0.294. The van der Waals surface area contributed by atoms with Crippen LogP contribution >= 0.6 is 0 Å². The van der Waals surface area contributed by atoms with Crippen LogP contribution in [-0.2, 0) is 6.54 Å². The Balaban J connectivity index is 1.94. The maximum atomic E-state index is 14.0. The molecule has 2 aromatic rings. The average molecular weight is 273 g/mol. The van der Waals surface area contributed by atoms with E-state index in [1.807, 2.05) is 6.92 Å². The molecule has 1 aliphatic rings. The Kier molecular flexibility index (Phi) is 3.53. The van der Waals surface area contributed by atoms with E-state index in [2.05, 4.69) is 5.32 Å². The lowest BCUT2D eigenvalue weighted by molar-refractivity contribution is 0.614. The lowest BCUT2D eigenvalue weighted by Crippen LogP contribution is -2.15. The monoisotopic (exact) mass is 273 g/mol. The summed E-state index contributed by atoms with van der Waals surface area (Å²) in [5.74, 6) is -0.772. The number of hydrogen-bond donors (Lipinski definition) is 1. The normalized spacial score (nSPS) is 14.6. The van der Waals surface area contributed by atoms with Gasteiger partial charge in [-0.1, -0.05) is 17.7 Å². The maximum Gasteiger partial charge on any atom is 0.131 e. The summed E-state index contributed by atoms with van der Waals surface area (Å²) >= 11 is 0. The Hall–Kier alpha value is -1.74. The highest BCUT2D eigenvalue weighted by molar-refractivity contribution is 5.66. The van der Waals surface area contributed by atoms with E-state index in [1.54, 1.807) is 24.3 Å². The highest BCUT2D eigenvalue weighted by Gasteiger charge is 2.20. The van der Waals surface area contributed by atoms with Gasteiger partial charge in [-0.2, -0.15) is 0 Å². The Bertz CT molecular complexity index is 633. The largest absolute Gasteiger partial charge is 0.310 e. The van der Waals surface area contributed by atoms with E-state index in [1.165, 1.54) is 25.0 Å². The summed E-state index contributed by atoms with van der Waals surface area (Å²) in [6, 6.07) is 10.3. The van der Waals surface area contributed by atoms with E-state index in [4.69, 9.17) is 0 Å². The van der Waals surface area contributed by atoms with Gasteiger partial charge in [-0.05, 0) is 49.6 Å². The second-order valence-electron chi connectivity index (χ2n) is 5.45. The molecule has 0 saturated heterocycles. The smallest absolute Gasteiger partial charge is 0.131 e. The predicted molar refractivity (Wildman–Crippen MR) is 76.4 cm³/mol. The van der Waals surface area contributed by atoms with Crippen molar-refractivity contribution >= 4 is 0 Å². The van der Waals surface area contributed by atoms with Crippen LogP contribution in [0.4, 0.5) is 8.78 Å². The number of rotatable bonds is 4. The van der Waals surface area contributed by atoms with Gasteiger partial charge in [0.25, 0.3) is 0 Å². The molecule has 0 atom stereocenters. The van der Waals surface area contributed by atoms with Gasteiger partial charge in [-0.3, -0.25) is 0 Å². The third-order valence-electron chi connectivity index (χ3n) is 3.62. The zero-order valence-corrected chi connectivity index (χ0v) is 11.4. The van der Waals surface area contributed by atoms with Crippen molar-refractivity contribution in [3.05, 3.63) is 59.2 Å². The van der Waals surface area contributed by atoms with Crippen molar-refractivity contribution < 1.29 is 8.78 Å². The third kappa shape index (κ3) is 2.88. The van der Waals surface area contributed by atoms with Crippen LogP contribution in [0.1, 0.15) is 24.0 Å². The van der Waals surface area contributed by atoms with Crippen LogP contribution in [0, 0.1) is 18.6 Å². The molecular formula is C17H17F2N. The van der Waals surface area contributed by atoms with Gasteiger partial charge in [-0.15, -0.1) is 0 Å². The molecule has 1 nitrogen and oxygen atoms in total. The summed E-state index contributed by atoms with van der Waals surface area (Å²) < 4.78 is 27.9. The number of nitrogens with one attached hydrogen (secondary N) is 1. The quantitative estimate of drug-likeness (QED) is 0.880. The summed E-state index contributed by atoms with van der Waals surface area (Å²) in [4.78, 5) is 0. The molecule has 3 rings (SSSR count). The van der Waals surface area contributed by atoms with Crippen LogP contribution in [0.15, 0.2) is 36.4 Å². The minimum absolute atomic E-state index is 0.329. The standard InChI is InChI=1S/C17H17F2N/c1-11-2-6-16(18)14(8-11)15-9-12(3-7-17(15)19)10-20-13-4-5-13/h2-3,6-9,13,20H,4-5,10H2,1H3. The van der Waals surface area contributed by atoms with Crippen molar-refractivity contribution in [3.63, 3.8) is 0 Å². The number of hydrogen-bond acceptors (Lipinski definition) is 1. The molecule has 0 amide bonds. The van der Waals surface area contributed by atoms with E-state index in [-0.39, 0.29) is 11.6 Å². The van der Waals surface area contributed by atoms with Gasteiger partial charge in [-0.25, -0.2) is 8.78 Å². The molecular weight excluding hydrogens is 256 g/mol. The lowest BCUT2D eigenvalue weighted by atomic mass is 10.00. The number of halogens is 2. The first-order valence-corrected chi connectivity index (χ1v) is 6.92. The van der Waals surface area contributed by atoms with Gasteiger partial charge in [0.05, 0.1) is 0 Å². The molecule has 1 saturated carbocycles. The van der Waals surface area contributed by atoms with E-state index >= 15 is 0 Å². The van der Waals surface area contributed by atoms with Crippen LogP contribution < -0.4 is 5.32 Å². The molecule has 0 spiro atoms. The molecule has 1 aliphatic carbocycles. The Morgan fingerprint density at radius 3 is 2.35 bits per heavy atom. The average Bonchev–Trinajstić information content (AvgIpc) is 3.25. The van der Waals surface area contributed by atoms with Gasteiger partial charge >= 0.3 is 0 Å². The topological polar surface area (TPSA) is 12.0 Å². The molecule has 104 valence electrons. The Labute approximate surface area is 117 Å². The maximum absolute atomic E-state index is 14.0. The summed E-state index contributed by atoms with van der Waals surface area (Å²) in [7, 11) is 0. The summed E-state index contributed by atoms with van der Waals surface area (Å²) in [6.07, 6.45) is 2.42. The van der Waals surface area contributed by atoms with Gasteiger partial charge in [0.1, 0.15) is 11.6 Å². The zero-order chi connectivity index (χ0) is 14.1. The van der Waals surface area contributed by atoms with Crippen molar-refractivity contribution in [2.45, 2.75) is 32.4 Å². The Morgan fingerprint density at radius 1 is 1.00 bits per heavy atom. The van der Waals surface area contributed by atoms with Crippen LogP contribution in [0.5, 0.6) is 0 Å². The zero-order valence-electron chi connectivity index (χ0n) is 11.4. The van der Waals surface area contributed by atoms with Crippen LogP contribution in [0.3, 0.4) is 0 Å². The molecule has 0 heterocycles. The SMILES string of the molecule is Cc1ccc(F)c(-c2cc(CNC3CC3)ccc2F)c1. The van der Waals surface area contributed by atoms with Gasteiger partial charge in [0.15, 0.2) is 0 Å². The van der Waals surface area contributed by atoms with Crippen LogP contribution in [0.2, 0.25) is 0 Å². The van der Waals surface area contributed by atoms with Crippen LogP contribution in [-0.4, -0.2) is 6.04 Å². The van der Waals surface area contributed by atoms with Crippen molar-refractivity contribution in [2.24, 2.45) is 0 Å². The van der Waals surface area contributed by atoms with Gasteiger partial charge in [0, 0.05) is 23.7 Å².